The van der Waals surface area contributed by atoms with Crippen molar-refractivity contribution >= 4 is 11.8 Å². The smallest absolute Gasteiger partial charge is 0.209 e. The van der Waals surface area contributed by atoms with Crippen LogP contribution in [-0.2, 0) is 6.54 Å². The Morgan fingerprint density at radius 3 is 3.06 bits per heavy atom. The highest BCUT2D eigenvalue weighted by molar-refractivity contribution is 7.99. The minimum Gasteiger partial charge on any atom is -0.392 e. The lowest BCUT2D eigenvalue weighted by Gasteiger charge is -2.26. The topological polar surface area (TPSA) is 63.8 Å². The predicted molar refractivity (Wildman–Crippen MR) is 62.1 cm³/mol. The highest BCUT2D eigenvalue weighted by atomic mass is 32.2. The molecule has 1 aromatic rings. The summed E-state index contributed by atoms with van der Waals surface area (Å²) in [6.07, 6.45) is 5.76. The Labute approximate surface area is 98.9 Å². The van der Waals surface area contributed by atoms with Gasteiger partial charge in [0.2, 0.25) is 5.16 Å². The maximum Gasteiger partial charge on any atom is 0.209 e. The molecule has 1 fully saturated rings. The van der Waals surface area contributed by atoms with Crippen LogP contribution >= 0.6 is 11.8 Å². The summed E-state index contributed by atoms with van der Waals surface area (Å²) < 4.78 is 1.71. The first-order valence-electron chi connectivity index (χ1n) is 5.53. The van der Waals surface area contributed by atoms with E-state index in [0.29, 0.717) is 6.54 Å². The molecule has 0 radical (unpaired) electrons. The lowest BCUT2D eigenvalue weighted by Crippen LogP contribution is -2.27. The zero-order valence-electron chi connectivity index (χ0n) is 9.12. The van der Waals surface area contributed by atoms with Gasteiger partial charge in [0.05, 0.1) is 12.6 Å². The zero-order chi connectivity index (χ0) is 11.4. The number of rotatable bonds is 4. The lowest BCUT2D eigenvalue weighted by atomic mass is 9.97. The monoisotopic (exact) mass is 240 g/mol. The molecule has 5 nitrogen and oxygen atoms in total. The first-order chi connectivity index (χ1) is 7.81. The van der Waals surface area contributed by atoms with Gasteiger partial charge in [0, 0.05) is 5.25 Å². The molecule has 0 aromatic carbocycles. The molecule has 2 unspecified atom stereocenters. The minimum absolute atomic E-state index is 0.225. The van der Waals surface area contributed by atoms with Gasteiger partial charge in [-0.3, -0.25) is 0 Å². The number of hydrogen-bond acceptors (Lipinski definition) is 5. The molecule has 1 saturated carbocycles. The van der Waals surface area contributed by atoms with Gasteiger partial charge in [-0.05, 0) is 23.3 Å². The number of nitrogens with zero attached hydrogens (tertiary/aromatic N) is 4. The van der Waals surface area contributed by atoms with Crippen LogP contribution in [0.25, 0.3) is 0 Å². The highest BCUT2D eigenvalue weighted by Gasteiger charge is 2.25. The van der Waals surface area contributed by atoms with E-state index >= 15 is 0 Å². The quantitative estimate of drug-likeness (QED) is 0.803. The van der Waals surface area contributed by atoms with Gasteiger partial charge in [-0.15, -0.1) is 11.7 Å². The first kappa shape index (κ1) is 11.6. The van der Waals surface area contributed by atoms with Gasteiger partial charge >= 0.3 is 0 Å². The first-order valence-corrected chi connectivity index (χ1v) is 6.41. The molecule has 1 aliphatic carbocycles. The van der Waals surface area contributed by atoms with E-state index in [0.717, 1.165) is 24.4 Å². The van der Waals surface area contributed by atoms with Crippen LogP contribution in [0, 0.1) is 0 Å². The molecular weight excluding hydrogens is 224 g/mol. The summed E-state index contributed by atoms with van der Waals surface area (Å²) in [6.45, 7) is 4.27. The Kier molecular flexibility index (Phi) is 3.95. The summed E-state index contributed by atoms with van der Waals surface area (Å²) in [6, 6.07) is 0. The van der Waals surface area contributed by atoms with Gasteiger partial charge in [-0.1, -0.05) is 30.7 Å². The number of aliphatic hydroxyl groups excluding tert-OH is 1. The maximum absolute atomic E-state index is 9.87. The van der Waals surface area contributed by atoms with Crippen molar-refractivity contribution in [1.29, 1.82) is 0 Å². The molecule has 0 saturated heterocycles. The second-order valence-electron chi connectivity index (χ2n) is 3.94. The van der Waals surface area contributed by atoms with Crippen LogP contribution in [-0.4, -0.2) is 36.7 Å². The second-order valence-corrected chi connectivity index (χ2v) is 5.15. The van der Waals surface area contributed by atoms with Crippen molar-refractivity contribution in [2.24, 2.45) is 0 Å². The molecule has 2 atom stereocenters. The van der Waals surface area contributed by atoms with Crippen molar-refractivity contribution in [3.63, 3.8) is 0 Å². The van der Waals surface area contributed by atoms with Crippen molar-refractivity contribution in [3.05, 3.63) is 12.7 Å². The minimum atomic E-state index is -0.229. The standard InChI is InChI=1S/C10H16N4OS/c1-2-7-14-10(11-12-13-14)16-9-6-4-3-5-8(9)15/h2,8-9,15H,1,3-7H2. The summed E-state index contributed by atoms with van der Waals surface area (Å²) in [5.41, 5.74) is 0. The van der Waals surface area contributed by atoms with E-state index in [1.807, 2.05) is 0 Å². The summed E-state index contributed by atoms with van der Waals surface area (Å²) in [5, 5.41) is 22.4. The van der Waals surface area contributed by atoms with Crippen LogP contribution < -0.4 is 0 Å². The molecule has 1 heterocycles. The molecule has 6 heteroatoms. The van der Waals surface area contributed by atoms with Crippen LogP contribution in [0.3, 0.4) is 0 Å². The molecule has 1 aliphatic rings. The molecule has 1 N–H and O–H groups in total. The fourth-order valence-electron chi connectivity index (χ4n) is 1.87. The van der Waals surface area contributed by atoms with Crippen LogP contribution in [0.2, 0.25) is 0 Å². The van der Waals surface area contributed by atoms with E-state index in [4.69, 9.17) is 0 Å². The van der Waals surface area contributed by atoms with Crippen molar-refractivity contribution in [2.75, 3.05) is 0 Å². The Morgan fingerprint density at radius 1 is 1.50 bits per heavy atom. The molecular formula is C10H16N4OS. The van der Waals surface area contributed by atoms with Crippen LogP contribution in [0.5, 0.6) is 0 Å². The van der Waals surface area contributed by atoms with E-state index in [1.54, 1.807) is 22.5 Å². The van der Waals surface area contributed by atoms with Crippen LogP contribution in [0.15, 0.2) is 17.8 Å². The highest BCUT2D eigenvalue weighted by Crippen LogP contribution is 2.32. The third-order valence-electron chi connectivity index (χ3n) is 2.73. The van der Waals surface area contributed by atoms with E-state index in [-0.39, 0.29) is 11.4 Å². The van der Waals surface area contributed by atoms with Gasteiger partial charge in [0.25, 0.3) is 0 Å². The number of allylic oxidation sites excluding steroid dienone is 1. The second kappa shape index (κ2) is 5.45. The molecule has 2 rings (SSSR count). The van der Waals surface area contributed by atoms with Crippen molar-refractivity contribution in [1.82, 2.24) is 20.2 Å². The fraction of sp³-hybridized carbons (Fsp3) is 0.700. The van der Waals surface area contributed by atoms with Crippen LogP contribution in [0.4, 0.5) is 0 Å². The zero-order valence-corrected chi connectivity index (χ0v) is 9.94. The van der Waals surface area contributed by atoms with E-state index < -0.39 is 0 Å². The summed E-state index contributed by atoms with van der Waals surface area (Å²) >= 11 is 1.57. The SMILES string of the molecule is C=CCn1nnnc1SC1CCCCC1O. The molecule has 0 spiro atoms. The van der Waals surface area contributed by atoms with Gasteiger partial charge in [-0.2, -0.15) is 0 Å². The Balaban J connectivity index is 2.01. The third-order valence-corrected chi connectivity index (χ3v) is 4.08. The molecule has 0 bridgehead atoms. The van der Waals surface area contributed by atoms with Crippen LogP contribution in [0.1, 0.15) is 25.7 Å². The number of thioether (sulfide) groups is 1. The van der Waals surface area contributed by atoms with E-state index in [9.17, 15) is 5.11 Å². The Bertz CT molecular complexity index is 354. The van der Waals surface area contributed by atoms with E-state index in [2.05, 4.69) is 22.1 Å². The number of tetrazole rings is 1. The van der Waals surface area contributed by atoms with Gasteiger partial charge in [0.1, 0.15) is 0 Å². The van der Waals surface area contributed by atoms with Gasteiger partial charge in [0.15, 0.2) is 0 Å². The third kappa shape index (κ3) is 2.62. The number of aromatic nitrogens is 4. The summed E-state index contributed by atoms with van der Waals surface area (Å²) in [4.78, 5) is 0. The maximum atomic E-state index is 9.87. The predicted octanol–water partition coefficient (Wildman–Crippen LogP) is 1.25. The molecule has 1 aromatic heterocycles. The molecule has 88 valence electrons. The van der Waals surface area contributed by atoms with Gasteiger partial charge < -0.3 is 5.11 Å². The van der Waals surface area contributed by atoms with Gasteiger partial charge in [-0.25, -0.2) is 4.68 Å². The van der Waals surface area contributed by atoms with Crippen molar-refractivity contribution in [3.8, 4) is 0 Å². The van der Waals surface area contributed by atoms with E-state index in [1.165, 1.54) is 6.42 Å². The van der Waals surface area contributed by atoms with Crippen molar-refractivity contribution < 1.29 is 5.11 Å². The Morgan fingerprint density at radius 2 is 2.31 bits per heavy atom. The van der Waals surface area contributed by atoms with Crippen molar-refractivity contribution in [2.45, 2.75) is 48.7 Å². The Hall–Kier alpha value is -0.880. The number of aliphatic hydroxyl groups is 1. The molecule has 16 heavy (non-hydrogen) atoms. The number of hydrogen-bond donors (Lipinski definition) is 1. The molecule has 0 aliphatic heterocycles. The fourth-order valence-corrected chi connectivity index (χ4v) is 3.03. The average Bonchev–Trinajstić information content (AvgIpc) is 2.70. The largest absolute Gasteiger partial charge is 0.392 e. The lowest BCUT2D eigenvalue weighted by molar-refractivity contribution is 0.136. The summed E-state index contributed by atoms with van der Waals surface area (Å²) in [7, 11) is 0. The molecule has 0 amide bonds. The average molecular weight is 240 g/mol. The summed E-state index contributed by atoms with van der Waals surface area (Å²) in [5.74, 6) is 0. The normalized spacial score (nSPS) is 25.6.